The zero-order valence-electron chi connectivity index (χ0n) is 12.5. The third-order valence-electron chi connectivity index (χ3n) is 3.06. The summed E-state index contributed by atoms with van der Waals surface area (Å²) in [5.74, 6) is 0.241. The summed E-state index contributed by atoms with van der Waals surface area (Å²) < 4.78 is 5.25. The molecule has 2 rings (SSSR count). The van der Waals surface area contributed by atoms with Crippen molar-refractivity contribution in [3.63, 3.8) is 0 Å². The molecule has 0 spiro atoms. The maximum absolute atomic E-state index is 12.3. The first kappa shape index (κ1) is 15.3. The third kappa shape index (κ3) is 3.52. The minimum Gasteiger partial charge on any atom is -0.495 e. The highest BCUT2D eigenvalue weighted by Gasteiger charge is 2.13. The molecule has 1 heterocycles. The summed E-state index contributed by atoms with van der Waals surface area (Å²) in [6, 6.07) is 7.13. The number of carbonyl (C=O) groups excluding carboxylic acids is 1. The lowest BCUT2D eigenvalue weighted by Gasteiger charge is -2.12. The van der Waals surface area contributed by atoms with E-state index in [1.807, 2.05) is 26.8 Å². The van der Waals surface area contributed by atoms with Gasteiger partial charge in [-0.2, -0.15) is 0 Å². The van der Waals surface area contributed by atoms with Crippen molar-refractivity contribution in [1.82, 2.24) is 4.98 Å². The number of ether oxygens (including phenoxy) is 1. The van der Waals surface area contributed by atoms with E-state index in [-0.39, 0.29) is 5.91 Å². The Hall–Kier alpha value is -2.07. The highest BCUT2D eigenvalue weighted by molar-refractivity contribution is 6.31. The Morgan fingerprint density at radius 1 is 1.19 bits per heavy atom. The molecule has 0 aliphatic heterocycles. The van der Waals surface area contributed by atoms with Gasteiger partial charge in [-0.1, -0.05) is 11.6 Å². The molecular formula is C16H17ClN2O2. The second-order valence-electron chi connectivity index (χ2n) is 4.93. The zero-order valence-corrected chi connectivity index (χ0v) is 13.2. The normalized spacial score (nSPS) is 10.3. The lowest BCUT2D eigenvalue weighted by molar-refractivity contribution is 0.102. The van der Waals surface area contributed by atoms with E-state index >= 15 is 0 Å². The van der Waals surface area contributed by atoms with Crippen molar-refractivity contribution >= 4 is 23.2 Å². The van der Waals surface area contributed by atoms with Gasteiger partial charge in [0, 0.05) is 16.8 Å². The summed E-state index contributed by atoms with van der Waals surface area (Å²) in [4.78, 5) is 16.6. The van der Waals surface area contributed by atoms with Gasteiger partial charge in [0.25, 0.3) is 5.91 Å². The van der Waals surface area contributed by atoms with Gasteiger partial charge in [0.05, 0.1) is 12.8 Å². The number of nitrogens with one attached hydrogen (secondary N) is 1. The fourth-order valence-corrected chi connectivity index (χ4v) is 2.23. The van der Waals surface area contributed by atoms with Crippen LogP contribution in [-0.2, 0) is 0 Å². The average Bonchev–Trinajstić information content (AvgIpc) is 2.41. The molecular weight excluding hydrogens is 288 g/mol. The molecule has 0 saturated heterocycles. The van der Waals surface area contributed by atoms with Crippen LogP contribution < -0.4 is 10.1 Å². The minimum absolute atomic E-state index is 0.276. The Balaban J connectivity index is 2.33. The van der Waals surface area contributed by atoms with Crippen LogP contribution in [0.5, 0.6) is 5.75 Å². The van der Waals surface area contributed by atoms with Crippen molar-refractivity contribution in [2.45, 2.75) is 20.8 Å². The summed E-state index contributed by atoms with van der Waals surface area (Å²) in [6.45, 7) is 5.65. The van der Waals surface area contributed by atoms with Gasteiger partial charge in [-0.05, 0) is 50.1 Å². The highest BCUT2D eigenvalue weighted by atomic mass is 35.5. The molecule has 1 aromatic carbocycles. The van der Waals surface area contributed by atoms with Gasteiger partial charge >= 0.3 is 0 Å². The summed E-state index contributed by atoms with van der Waals surface area (Å²) in [5, 5.41) is 3.41. The van der Waals surface area contributed by atoms with Gasteiger partial charge < -0.3 is 10.1 Å². The Morgan fingerprint density at radius 3 is 2.52 bits per heavy atom. The monoisotopic (exact) mass is 304 g/mol. The molecule has 2 aromatic rings. The Kier molecular flexibility index (Phi) is 4.48. The predicted molar refractivity (Wildman–Crippen MR) is 84.4 cm³/mol. The standard InChI is InChI=1S/C16H17ClN2O2/c1-9-5-11(3)18-14(6-9)16(20)19-13-7-10(2)12(17)8-15(13)21-4/h5-8H,1-4H3,(H,19,20). The first-order valence-corrected chi connectivity index (χ1v) is 6.89. The first-order chi connectivity index (χ1) is 9.90. The van der Waals surface area contributed by atoms with Gasteiger partial charge in [-0.3, -0.25) is 4.79 Å². The summed E-state index contributed by atoms with van der Waals surface area (Å²) in [6.07, 6.45) is 0. The smallest absolute Gasteiger partial charge is 0.274 e. The quantitative estimate of drug-likeness (QED) is 0.935. The number of rotatable bonds is 3. The third-order valence-corrected chi connectivity index (χ3v) is 3.47. The fraction of sp³-hybridized carbons (Fsp3) is 0.250. The molecule has 0 aliphatic carbocycles. The van der Waals surface area contributed by atoms with Crippen LogP contribution in [0, 0.1) is 20.8 Å². The molecule has 4 nitrogen and oxygen atoms in total. The van der Waals surface area contributed by atoms with Gasteiger partial charge in [0.2, 0.25) is 0 Å². The number of aryl methyl sites for hydroxylation is 3. The molecule has 0 aliphatic rings. The van der Waals surface area contributed by atoms with E-state index in [1.54, 1.807) is 18.2 Å². The lowest BCUT2D eigenvalue weighted by atomic mass is 10.2. The molecule has 5 heteroatoms. The van der Waals surface area contributed by atoms with Crippen LogP contribution >= 0.6 is 11.6 Å². The number of carbonyl (C=O) groups is 1. The van der Waals surface area contributed by atoms with Crippen molar-refractivity contribution in [2.75, 3.05) is 12.4 Å². The number of hydrogen-bond donors (Lipinski definition) is 1. The number of hydrogen-bond acceptors (Lipinski definition) is 3. The molecule has 110 valence electrons. The molecule has 0 unspecified atom stereocenters. The minimum atomic E-state index is -0.276. The largest absolute Gasteiger partial charge is 0.495 e. The number of methoxy groups -OCH3 is 1. The second-order valence-corrected chi connectivity index (χ2v) is 5.33. The van der Waals surface area contributed by atoms with E-state index in [4.69, 9.17) is 16.3 Å². The number of nitrogens with zero attached hydrogens (tertiary/aromatic N) is 1. The van der Waals surface area contributed by atoms with Crippen molar-refractivity contribution in [2.24, 2.45) is 0 Å². The van der Waals surface area contributed by atoms with Crippen molar-refractivity contribution < 1.29 is 9.53 Å². The fourth-order valence-electron chi connectivity index (χ4n) is 2.07. The van der Waals surface area contributed by atoms with Crippen LogP contribution in [0.1, 0.15) is 27.3 Å². The summed E-state index contributed by atoms with van der Waals surface area (Å²) >= 11 is 6.05. The lowest BCUT2D eigenvalue weighted by Crippen LogP contribution is -2.15. The number of anilines is 1. The molecule has 21 heavy (non-hydrogen) atoms. The topological polar surface area (TPSA) is 51.2 Å². The van der Waals surface area contributed by atoms with Gasteiger partial charge in [-0.25, -0.2) is 4.98 Å². The van der Waals surface area contributed by atoms with E-state index in [0.29, 0.717) is 22.2 Å². The summed E-state index contributed by atoms with van der Waals surface area (Å²) in [5.41, 5.74) is 3.61. The van der Waals surface area contributed by atoms with Crippen LogP contribution in [0.25, 0.3) is 0 Å². The van der Waals surface area contributed by atoms with Gasteiger partial charge in [-0.15, -0.1) is 0 Å². The Morgan fingerprint density at radius 2 is 1.90 bits per heavy atom. The van der Waals surface area contributed by atoms with E-state index < -0.39 is 0 Å². The van der Waals surface area contributed by atoms with E-state index in [2.05, 4.69) is 10.3 Å². The number of aromatic nitrogens is 1. The molecule has 0 fully saturated rings. The first-order valence-electron chi connectivity index (χ1n) is 6.51. The maximum Gasteiger partial charge on any atom is 0.274 e. The van der Waals surface area contributed by atoms with Crippen LogP contribution in [-0.4, -0.2) is 18.0 Å². The Bertz CT molecular complexity index is 679. The average molecular weight is 305 g/mol. The van der Waals surface area contributed by atoms with Crippen molar-refractivity contribution in [3.8, 4) is 5.75 Å². The van der Waals surface area contributed by atoms with Crippen LogP contribution in [0.2, 0.25) is 5.02 Å². The molecule has 0 radical (unpaired) electrons. The van der Waals surface area contributed by atoms with Gasteiger partial charge in [0.1, 0.15) is 11.4 Å². The zero-order chi connectivity index (χ0) is 15.6. The van der Waals surface area contributed by atoms with Crippen molar-refractivity contribution in [3.05, 3.63) is 51.8 Å². The van der Waals surface area contributed by atoms with Gasteiger partial charge in [0.15, 0.2) is 0 Å². The molecule has 1 aromatic heterocycles. The molecule has 1 amide bonds. The number of benzene rings is 1. The molecule has 0 bridgehead atoms. The van der Waals surface area contributed by atoms with E-state index in [1.165, 1.54) is 7.11 Å². The molecule has 0 saturated carbocycles. The maximum atomic E-state index is 12.3. The van der Waals surface area contributed by atoms with Crippen LogP contribution in [0.15, 0.2) is 24.3 Å². The Labute approximate surface area is 129 Å². The second kappa shape index (κ2) is 6.14. The highest BCUT2D eigenvalue weighted by Crippen LogP contribution is 2.31. The van der Waals surface area contributed by atoms with Crippen LogP contribution in [0.4, 0.5) is 5.69 Å². The number of halogens is 1. The molecule has 0 atom stereocenters. The number of pyridine rings is 1. The van der Waals surface area contributed by atoms with Crippen molar-refractivity contribution in [1.29, 1.82) is 0 Å². The van der Waals surface area contributed by atoms with Crippen LogP contribution in [0.3, 0.4) is 0 Å². The predicted octanol–water partition coefficient (Wildman–Crippen LogP) is 3.92. The van der Waals surface area contributed by atoms with E-state index in [9.17, 15) is 4.79 Å². The van der Waals surface area contributed by atoms with E-state index in [0.717, 1.165) is 16.8 Å². The molecule has 1 N–H and O–H groups in total. The summed E-state index contributed by atoms with van der Waals surface area (Å²) in [7, 11) is 1.53. The SMILES string of the molecule is COc1cc(Cl)c(C)cc1NC(=O)c1cc(C)cc(C)n1. The number of amides is 1.